The van der Waals surface area contributed by atoms with E-state index in [1.807, 2.05) is 38.1 Å². The minimum absolute atomic E-state index is 0.0418. The zero-order valence-electron chi connectivity index (χ0n) is 15.6. The topological polar surface area (TPSA) is 99.2 Å². The highest BCUT2D eigenvalue weighted by atomic mass is 16.6. The Labute approximate surface area is 156 Å². The Morgan fingerprint density at radius 3 is 2.48 bits per heavy atom. The molecular weight excluding hydrogens is 348 g/mol. The lowest BCUT2D eigenvalue weighted by atomic mass is 10.2. The van der Waals surface area contributed by atoms with Crippen LogP contribution in [0.4, 0.5) is 5.69 Å². The molecule has 2 aromatic heterocycles. The van der Waals surface area contributed by atoms with Gasteiger partial charge in [0.2, 0.25) is 5.76 Å². The smallest absolute Gasteiger partial charge is 0.377 e. The van der Waals surface area contributed by atoms with Crippen LogP contribution in [0.3, 0.4) is 0 Å². The van der Waals surface area contributed by atoms with Crippen LogP contribution in [0.5, 0.6) is 0 Å². The van der Waals surface area contributed by atoms with E-state index in [1.54, 1.807) is 18.5 Å². The van der Waals surface area contributed by atoms with Gasteiger partial charge in [-0.3, -0.25) is 4.79 Å². The minimum atomic E-state index is -0.741. The zero-order chi connectivity index (χ0) is 19.6. The van der Waals surface area contributed by atoms with Crippen LogP contribution in [0.2, 0.25) is 0 Å². The van der Waals surface area contributed by atoms with Gasteiger partial charge >= 0.3 is 5.97 Å². The van der Waals surface area contributed by atoms with Crippen molar-refractivity contribution in [1.29, 1.82) is 0 Å². The Morgan fingerprint density at radius 2 is 1.85 bits per heavy atom. The molecule has 2 heterocycles. The summed E-state index contributed by atoms with van der Waals surface area (Å²) in [5.74, 6) is -1.25. The lowest BCUT2D eigenvalue weighted by molar-refractivity contribution is -0.119. The SMILES string of the molecule is Cc1ccc(-n2nc(C)c(NC(=O)COC(=O)c3cc(C)no3)c2C)cc1. The van der Waals surface area contributed by atoms with Crippen molar-refractivity contribution in [3.05, 3.63) is 58.7 Å². The molecule has 0 fully saturated rings. The van der Waals surface area contributed by atoms with E-state index in [9.17, 15) is 9.59 Å². The summed E-state index contributed by atoms with van der Waals surface area (Å²) in [4.78, 5) is 24.0. The van der Waals surface area contributed by atoms with Crippen molar-refractivity contribution >= 4 is 17.6 Å². The molecule has 0 radical (unpaired) electrons. The molecule has 1 aromatic carbocycles. The normalized spacial score (nSPS) is 10.7. The second-order valence-corrected chi connectivity index (χ2v) is 6.25. The molecule has 140 valence electrons. The second kappa shape index (κ2) is 7.45. The van der Waals surface area contributed by atoms with Crippen LogP contribution in [-0.4, -0.2) is 33.4 Å². The van der Waals surface area contributed by atoms with E-state index in [0.29, 0.717) is 17.1 Å². The number of aryl methyl sites for hydroxylation is 3. The number of anilines is 1. The number of ether oxygens (including phenoxy) is 1. The third-order valence-electron chi connectivity index (χ3n) is 4.00. The predicted octanol–water partition coefficient (Wildman–Crippen LogP) is 2.89. The average Bonchev–Trinajstić information content (AvgIpc) is 3.19. The lowest BCUT2D eigenvalue weighted by Gasteiger charge is -2.07. The number of nitrogens with zero attached hydrogens (tertiary/aromatic N) is 3. The summed E-state index contributed by atoms with van der Waals surface area (Å²) in [6.07, 6.45) is 0. The molecule has 0 bridgehead atoms. The number of rotatable bonds is 5. The van der Waals surface area contributed by atoms with Gasteiger partial charge in [-0.05, 0) is 39.8 Å². The van der Waals surface area contributed by atoms with Gasteiger partial charge in [-0.1, -0.05) is 22.9 Å². The lowest BCUT2D eigenvalue weighted by Crippen LogP contribution is -2.21. The summed E-state index contributed by atoms with van der Waals surface area (Å²) in [7, 11) is 0. The Morgan fingerprint density at radius 1 is 1.15 bits per heavy atom. The quantitative estimate of drug-likeness (QED) is 0.695. The molecule has 1 amide bonds. The fourth-order valence-corrected chi connectivity index (χ4v) is 2.60. The number of aromatic nitrogens is 3. The number of hydrogen-bond donors (Lipinski definition) is 1. The van der Waals surface area contributed by atoms with Gasteiger partial charge in [-0.2, -0.15) is 5.10 Å². The molecule has 1 N–H and O–H groups in total. The van der Waals surface area contributed by atoms with Gasteiger partial charge in [0.1, 0.15) is 0 Å². The van der Waals surface area contributed by atoms with Crippen molar-refractivity contribution < 1.29 is 18.8 Å². The maximum Gasteiger partial charge on any atom is 0.377 e. The molecule has 0 spiro atoms. The van der Waals surface area contributed by atoms with Crippen molar-refractivity contribution in [2.24, 2.45) is 0 Å². The highest BCUT2D eigenvalue weighted by molar-refractivity contribution is 5.95. The van der Waals surface area contributed by atoms with Gasteiger partial charge in [0, 0.05) is 6.07 Å². The van der Waals surface area contributed by atoms with E-state index < -0.39 is 18.5 Å². The molecule has 27 heavy (non-hydrogen) atoms. The van der Waals surface area contributed by atoms with Gasteiger partial charge in [0.05, 0.1) is 28.5 Å². The summed E-state index contributed by atoms with van der Waals surface area (Å²) in [6.45, 7) is 6.92. The first kappa shape index (κ1) is 18.4. The summed E-state index contributed by atoms with van der Waals surface area (Å²) in [5.41, 5.74) is 4.64. The van der Waals surface area contributed by atoms with Crippen LogP contribution in [0.15, 0.2) is 34.9 Å². The van der Waals surface area contributed by atoms with Gasteiger partial charge in [0.15, 0.2) is 6.61 Å². The Balaban J connectivity index is 1.67. The molecule has 0 saturated heterocycles. The standard InChI is InChI=1S/C19H20N4O4/c1-11-5-7-15(8-6-11)23-14(4)18(13(3)21-23)20-17(24)10-26-19(25)16-9-12(2)22-27-16/h5-9H,10H2,1-4H3,(H,20,24). The summed E-state index contributed by atoms with van der Waals surface area (Å²) in [5, 5.41) is 10.8. The van der Waals surface area contributed by atoms with E-state index in [4.69, 9.17) is 9.26 Å². The van der Waals surface area contributed by atoms with Crippen molar-refractivity contribution in [2.45, 2.75) is 27.7 Å². The highest BCUT2D eigenvalue weighted by Gasteiger charge is 2.18. The number of carbonyl (C=O) groups excluding carboxylic acids is 2. The monoisotopic (exact) mass is 368 g/mol. The molecule has 8 heteroatoms. The molecule has 0 aliphatic rings. The first-order chi connectivity index (χ1) is 12.8. The van der Waals surface area contributed by atoms with Crippen molar-refractivity contribution in [3.63, 3.8) is 0 Å². The fraction of sp³-hybridized carbons (Fsp3) is 0.263. The fourth-order valence-electron chi connectivity index (χ4n) is 2.60. The van der Waals surface area contributed by atoms with Crippen LogP contribution < -0.4 is 5.32 Å². The molecule has 0 unspecified atom stereocenters. The predicted molar refractivity (Wildman–Crippen MR) is 97.9 cm³/mol. The van der Waals surface area contributed by atoms with Gasteiger partial charge in [0.25, 0.3) is 5.91 Å². The second-order valence-electron chi connectivity index (χ2n) is 6.25. The summed E-state index contributed by atoms with van der Waals surface area (Å²) in [6, 6.07) is 9.35. The Bertz CT molecular complexity index is 986. The Hall–Kier alpha value is -3.42. The molecular formula is C19H20N4O4. The number of benzene rings is 1. The average molecular weight is 368 g/mol. The van der Waals surface area contributed by atoms with Crippen LogP contribution >= 0.6 is 0 Å². The zero-order valence-corrected chi connectivity index (χ0v) is 15.6. The third kappa shape index (κ3) is 4.05. The maximum absolute atomic E-state index is 12.2. The van der Waals surface area contributed by atoms with Crippen molar-refractivity contribution in [3.8, 4) is 5.69 Å². The third-order valence-corrected chi connectivity index (χ3v) is 4.00. The van der Waals surface area contributed by atoms with Gasteiger partial charge in [-0.25, -0.2) is 9.48 Å². The molecule has 0 saturated carbocycles. The number of nitrogens with one attached hydrogen (secondary N) is 1. The van der Waals surface area contributed by atoms with Crippen LogP contribution in [-0.2, 0) is 9.53 Å². The molecule has 3 rings (SSSR count). The molecule has 0 aliphatic carbocycles. The van der Waals surface area contributed by atoms with Crippen LogP contribution in [0, 0.1) is 27.7 Å². The van der Waals surface area contributed by atoms with Crippen LogP contribution in [0.1, 0.15) is 33.2 Å². The molecule has 0 atom stereocenters. The number of amides is 1. The largest absolute Gasteiger partial charge is 0.450 e. The summed E-state index contributed by atoms with van der Waals surface area (Å²) >= 11 is 0. The van der Waals surface area contributed by atoms with E-state index in [2.05, 4.69) is 15.6 Å². The number of esters is 1. The van der Waals surface area contributed by atoms with Crippen LogP contribution in [0.25, 0.3) is 5.69 Å². The highest BCUT2D eigenvalue weighted by Crippen LogP contribution is 2.23. The molecule has 8 nitrogen and oxygen atoms in total. The van der Waals surface area contributed by atoms with E-state index in [-0.39, 0.29) is 5.76 Å². The molecule has 3 aromatic rings. The van der Waals surface area contributed by atoms with Gasteiger partial charge < -0.3 is 14.6 Å². The first-order valence-corrected chi connectivity index (χ1v) is 8.38. The van der Waals surface area contributed by atoms with E-state index >= 15 is 0 Å². The minimum Gasteiger partial charge on any atom is -0.450 e. The van der Waals surface area contributed by atoms with Crippen molar-refractivity contribution in [1.82, 2.24) is 14.9 Å². The number of carbonyl (C=O) groups is 2. The summed E-state index contributed by atoms with van der Waals surface area (Å²) < 4.78 is 11.5. The van der Waals surface area contributed by atoms with E-state index in [0.717, 1.165) is 16.9 Å². The Kier molecular flexibility index (Phi) is 5.07. The number of hydrogen-bond acceptors (Lipinski definition) is 6. The maximum atomic E-state index is 12.2. The van der Waals surface area contributed by atoms with E-state index in [1.165, 1.54) is 6.07 Å². The van der Waals surface area contributed by atoms with Crippen molar-refractivity contribution in [2.75, 3.05) is 11.9 Å². The molecule has 0 aliphatic heterocycles. The van der Waals surface area contributed by atoms with Gasteiger partial charge in [-0.15, -0.1) is 0 Å². The first-order valence-electron chi connectivity index (χ1n) is 8.38.